The molecule has 1 aliphatic heterocycles. The van der Waals surface area contributed by atoms with Crippen molar-refractivity contribution in [2.45, 2.75) is 52.4 Å². The minimum absolute atomic E-state index is 0.261. The molecule has 0 spiro atoms. The van der Waals surface area contributed by atoms with Gasteiger partial charge >= 0.3 is 0 Å². The highest BCUT2D eigenvalue weighted by Crippen LogP contribution is 2.33. The molecule has 3 heterocycles. The molecule has 22 heavy (non-hydrogen) atoms. The van der Waals surface area contributed by atoms with Gasteiger partial charge in [-0.2, -0.15) is 5.10 Å². The number of H-pyrrole nitrogens is 1. The topological polar surface area (TPSA) is 59.0 Å². The van der Waals surface area contributed by atoms with Gasteiger partial charge in [-0.25, -0.2) is 4.98 Å². The molecule has 1 aliphatic rings. The number of rotatable bonds is 5. The summed E-state index contributed by atoms with van der Waals surface area (Å²) in [6.07, 6.45) is 5.32. The number of methoxy groups -OCH3 is 1. The summed E-state index contributed by atoms with van der Waals surface area (Å²) in [5.41, 5.74) is 3.47. The van der Waals surface area contributed by atoms with Gasteiger partial charge in [-0.1, -0.05) is 0 Å². The van der Waals surface area contributed by atoms with Crippen molar-refractivity contribution >= 4 is 0 Å². The molecule has 0 unspecified atom stereocenters. The third-order valence-electron chi connectivity index (χ3n) is 4.56. The lowest BCUT2D eigenvalue weighted by molar-refractivity contribution is 0.107. The Labute approximate surface area is 131 Å². The number of nitrogens with one attached hydrogen (secondary N) is 1. The predicted molar refractivity (Wildman–Crippen MR) is 84.5 cm³/mol. The summed E-state index contributed by atoms with van der Waals surface area (Å²) in [7, 11) is 1.79. The molecule has 1 saturated heterocycles. The van der Waals surface area contributed by atoms with Crippen LogP contribution in [0.25, 0.3) is 0 Å². The highest BCUT2D eigenvalue weighted by Gasteiger charge is 2.35. The van der Waals surface area contributed by atoms with Gasteiger partial charge < -0.3 is 9.72 Å². The van der Waals surface area contributed by atoms with Crippen LogP contribution in [0.4, 0.5) is 0 Å². The molecule has 1 N–H and O–H groups in total. The number of aromatic amines is 1. The maximum Gasteiger partial charge on any atom is 0.124 e. The molecule has 0 amide bonds. The van der Waals surface area contributed by atoms with Gasteiger partial charge in [0.2, 0.25) is 0 Å². The molecule has 2 aromatic rings. The maximum absolute atomic E-state index is 5.59. The molecule has 120 valence electrons. The molecule has 6 nitrogen and oxygen atoms in total. The highest BCUT2D eigenvalue weighted by molar-refractivity contribution is 5.15. The lowest BCUT2D eigenvalue weighted by Crippen LogP contribution is -2.25. The van der Waals surface area contributed by atoms with Crippen LogP contribution in [0.15, 0.2) is 12.4 Å². The fraction of sp³-hybridized carbons (Fsp3) is 0.625. The number of aryl methyl sites for hydroxylation is 3. The SMILES string of the molecule is CCn1cc(CN2C[C@H](OC)C[C@H]2c2nc(C)c(C)[nH]2)cn1. The standard InChI is InChI=1S/C16H25N5O/c1-5-21-9-13(7-17-21)8-20-10-14(22-4)6-15(20)16-18-11(2)12(3)19-16/h7,9,14-15H,5-6,8,10H2,1-4H3,(H,18,19)/t14-,15+/m1/s1. The number of ether oxygens (including phenoxy) is 1. The fourth-order valence-electron chi connectivity index (χ4n) is 3.12. The van der Waals surface area contributed by atoms with Crippen molar-refractivity contribution in [1.82, 2.24) is 24.6 Å². The van der Waals surface area contributed by atoms with Crippen molar-refractivity contribution < 1.29 is 4.74 Å². The van der Waals surface area contributed by atoms with Gasteiger partial charge in [0.1, 0.15) is 5.82 Å². The normalized spacial score (nSPS) is 22.5. The first-order chi connectivity index (χ1) is 10.6. The second-order valence-electron chi connectivity index (χ2n) is 6.08. The average molecular weight is 303 g/mol. The maximum atomic E-state index is 5.59. The van der Waals surface area contributed by atoms with Crippen LogP contribution >= 0.6 is 0 Å². The molecule has 6 heteroatoms. The first-order valence-electron chi connectivity index (χ1n) is 7.92. The fourth-order valence-corrected chi connectivity index (χ4v) is 3.12. The summed E-state index contributed by atoms with van der Waals surface area (Å²) in [4.78, 5) is 10.6. The third-order valence-corrected chi connectivity index (χ3v) is 4.56. The average Bonchev–Trinajstić information content (AvgIpc) is 3.20. The Balaban J connectivity index is 1.79. The Bertz CT molecular complexity index is 613. The zero-order valence-corrected chi connectivity index (χ0v) is 13.8. The summed E-state index contributed by atoms with van der Waals surface area (Å²) in [5, 5.41) is 4.37. The van der Waals surface area contributed by atoms with E-state index in [4.69, 9.17) is 9.72 Å². The quantitative estimate of drug-likeness (QED) is 0.920. The molecular formula is C16H25N5O. The first-order valence-corrected chi connectivity index (χ1v) is 7.92. The molecule has 0 radical (unpaired) electrons. The highest BCUT2D eigenvalue weighted by atomic mass is 16.5. The summed E-state index contributed by atoms with van der Waals surface area (Å²) in [5.74, 6) is 1.05. The Morgan fingerprint density at radius 1 is 1.41 bits per heavy atom. The van der Waals surface area contributed by atoms with E-state index in [9.17, 15) is 0 Å². The van der Waals surface area contributed by atoms with Crippen molar-refractivity contribution in [3.05, 3.63) is 35.2 Å². The summed E-state index contributed by atoms with van der Waals surface area (Å²) < 4.78 is 7.56. The van der Waals surface area contributed by atoms with Crippen molar-refractivity contribution in [1.29, 1.82) is 0 Å². The number of aromatic nitrogens is 4. The van der Waals surface area contributed by atoms with E-state index in [2.05, 4.69) is 35.0 Å². The Hall–Kier alpha value is -1.66. The summed E-state index contributed by atoms with van der Waals surface area (Å²) >= 11 is 0. The minimum atomic E-state index is 0.261. The van der Waals surface area contributed by atoms with Crippen molar-refractivity contribution in [3.8, 4) is 0 Å². The van der Waals surface area contributed by atoms with Crippen LogP contribution in [0.1, 0.15) is 42.2 Å². The van der Waals surface area contributed by atoms with Crippen molar-refractivity contribution in [3.63, 3.8) is 0 Å². The zero-order chi connectivity index (χ0) is 15.7. The number of imidazole rings is 1. The van der Waals surface area contributed by atoms with Crippen LogP contribution in [0, 0.1) is 13.8 Å². The Morgan fingerprint density at radius 3 is 2.82 bits per heavy atom. The third kappa shape index (κ3) is 2.94. The van der Waals surface area contributed by atoms with Crippen LogP contribution in [0.2, 0.25) is 0 Å². The van der Waals surface area contributed by atoms with E-state index >= 15 is 0 Å². The molecule has 2 atom stereocenters. The first kappa shape index (κ1) is 15.2. The van der Waals surface area contributed by atoms with Crippen molar-refractivity contribution in [2.75, 3.05) is 13.7 Å². The van der Waals surface area contributed by atoms with Crippen LogP contribution in [0.3, 0.4) is 0 Å². The largest absolute Gasteiger partial charge is 0.380 e. The molecule has 1 fully saturated rings. The van der Waals surface area contributed by atoms with Crippen LogP contribution in [-0.4, -0.2) is 44.4 Å². The molecular weight excluding hydrogens is 278 g/mol. The smallest absolute Gasteiger partial charge is 0.124 e. The number of hydrogen-bond acceptors (Lipinski definition) is 4. The number of hydrogen-bond donors (Lipinski definition) is 1. The van der Waals surface area contributed by atoms with Gasteiger partial charge in [0.05, 0.1) is 24.0 Å². The molecule has 0 saturated carbocycles. The monoisotopic (exact) mass is 303 g/mol. The molecule has 0 aliphatic carbocycles. The molecule has 0 aromatic carbocycles. The van der Waals surface area contributed by atoms with Crippen LogP contribution in [-0.2, 0) is 17.8 Å². The van der Waals surface area contributed by atoms with Gasteiger partial charge in [-0.3, -0.25) is 9.58 Å². The predicted octanol–water partition coefficient (Wildman–Crippen LogP) is 2.20. The molecule has 0 bridgehead atoms. The lowest BCUT2D eigenvalue weighted by Gasteiger charge is -2.21. The van der Waals surface area contributed by atoms with E-state index in [1.165, 1.54) is 5.56 Å². The van der Waals surface area contributed by atoms with E-state index < -0.39 is 0 Å². The van der Waals surface area contributed by atoms with Gasteiger partial charge in [0, 0.05) is 44.2 Å². The number of likely N-dealkylation sites (tertiary alicyclic amines) is 1. The van der Waals surface area contributed by atoms with E-state index in [-0.39, 0.29) is 12.1 Å². The Kier molecular flexibility index (Phi) is 4.31. The van der Waals surface area contributed by atoms with Crippen LogP contribution in [0.5, 0.6) is 0 Å². The van der Waals surface area contributed by atoms with Crippen LogP contribution < -0.4 is 0 Å². The molecule has 3 rings (SSSR count). The lowest BCUT2D eigenvalue weighted by atomic mass is 10.2. The zero-order valence-electron chi connectivity index (χ0n) is 13.8. The number of nitrogens with zero attached hydrogens (tertiary/aromatic N) is 4. The van der Waals surface area contributed by atoms with Crippen molar-refractivity contribution in [2.24, 2.45) is 0 Å². The second-order valence-corrected chi connectivity index (χ2v) is 6.08. The van der Waals surface area contributed by atoms with E-state index in [0.717, 1.165) is 43.3 Å². The summed E-state index contributed by atoms with van der Waals surface area (Å²) in [6.45, 7) is 8.93. The van der Waals surface area contributed by atoms with E-state index in [0.29, 0.717) is 0 Å². The second kappa shape index (κ2) is 6.22. The van der Waals surface area contributed by atoms with Gasteiger partial charge in [-0.15, -0.1) is 0 Å². The van der Waals surface area contributed by atoms with E-state index in [1.54, 1.807) is 7.11 Å². The Morgan fingerprint density at radius 2 is 2.23 bits per heavy atom. The minimum Gasteiger partial charge on any atom is -0.380 e. The van der Waals surface area contributed by atoms with Gasteiger partial charge in [0.25, 0.3) is 0 Å². The van der Waals surface area contributed by atoms with E-state index in [1.807, 2.05) is 17.8 Å². The van der Waals surface area contributed by atoms with Gasteiger partial charge in [-0.05, 0) is 27.2 Å². The van der Waals surface area contributed by atoms with Gasteiger partial charge in [0.15, 0.2) is 0 Å². The molecule has 2 aromatic heterocycles. The summed E-state index contributed by atoms with van der Waals surface area (Å²) in [6, 6.07) is 0.280.